The molecule has 6 nitrogen and oxygen atoms in total. The molecule has 1 aliphatic rings. The lowest BCUT2D eigenvalue weighted by molar-refractivity contribution is 0.318. The number of fused-ring (bicyclic) bond motifs is 1. The number of oxime groups is 1. The zero-order valence-electron chi connectivity index (χ0n) is 11.8. The minimum Gasteiger partial charge on any atom is -0.411 e. The van der Waals surface area contributed by atoms with E-state index in [-0.39, 0.29) is 12.6 Å². The fourth-order valence-electron chi connectivity index (χ4n) is 2.16. The van der Waals surface area contributed by atoms with Crippen LogP contribution in [0.4, 0.5) is 5.69 Å². The Morgan fingerprint density at radius 1 is 1.35 bits per heavy atom. The van der Waals surface area contributed by atoms with Crippen LogP contribution in [0.15, 0.2) is 29.4 Å². The van der Waals surface area contributed by atoms with Crippen molar-refractivity contribution in [1.29, 1.82) is 0 Å². The number of rotatable bonds is 3. The first-order valence-corrected chi connectivity index (χ1v) is 7.85. The van der Waals surface area contributed by atoms with Crippen LogP contribution in [-0.4, -0.2) is 43.3 Å². The predicted octanol–water partition coefficient (Wildman–Crippen LogP) is 1.66. The summed E-state index contributed by atoms with van der Waals surface area (Å²) < 4.78 is 28.0. The molecule has 0 atom stereocenters. The SMILES string of the molecule is CC(C)N(C)S(=O)(=O)N1CCC(=NO)c2ccccc21. The lowest BCUT2D eigenvalue weighted by Crippen LogP contribution is -2.47. The second-order valence-electron chi connectivity index (χ2n) is 5.00. The summed E-state index contributed by atoms with van der Waals surface area (Å²) in [5.74, 6) is 0. The van der Waals surface area contributed by atoms with Gasteiger partial charge in [-0.2, -0.15) is 12.7 Å². The van der Waals surface area contributed by atoms with Crippen LogP contribution in [0.1, 0.15) is 25.8 Å². The van der Waals surface area contributed by atoms with Gasteiger partial charge >= 0.3 is 10.2 Å². The van der Waals surface area contributed by atoms with Crippen molar-refractivity contribution in [3.8, 4) is 0 Å². The van der Waals surface area contributed by atoms with E-state index in [1.165, 1.54) is 8.61 Å². The van der Waals surface area contributed by atoms with Crippen molar-refractivity contribution in [2.24, 2.45) is 5.16 Å². The molecule has 0 bridgehead atoms. The molecule has 1 aliphatic heterocycles. The summed E-state index contributed by atoms with van der Waals surface area (Å²) in [6.07, 6.45) is 0.388. The molecule has 0 amide bonds. The van der Waals surface area contributed by atoms with Gasteiger partial charge < -0.3 is 5.21 Å². The van der Waals surface area contributed by atoms with Gasteiger partial charge in [0.15, 0.2) is 0 Å². The van der Waals surface area contributed by atoms with E-state index in [4.69, 9.17) is 5.21 Å². The number of para-hydroxylation sites is 1. The molecule has 0 spiro atoms. The predicted molar refractivity (Wildman–Crippen MR) is 78.5 cm³/mol. The summed E-state index contributed by atoms with van der Waals surface area (Å²) >= 11 is 0. The van der Waals surface area contributed by atoms with Crippen molar-refractivity contribution in [3.05, 3.63) is 29.8 Å². The van der Waals surface area contributed by atoms with Crippen molar-refractivity contribution in [2.45, 2.75) is 26.3 Å². The third-order valence-electron chi connectivity index (χ3n) is 3.53. The van der Waals surface area contributed by atoms with Gasteiger partial charge in [0.1, 0.15) is 0 Å². The van der Waals surface area contributed by atoms with Gasteiger partial charge in [-0.1, -0.05) is 23.4 Å². The van der Waals surface area contributed by atoms with Crippen LogP contribution >= 0.6 is 0 Å². The average Bonchev–Trinajstić information content (AvgIpc) is 2.44. The van der Waals surface area contributed by atoms with Gasteiger partial charge in [0.25, 0.3) is 0 Å². The third kappa shape index (κ3) is 2.38. The van der Waals surface area contributed by atoms with Crippen molar-refractivity contribution in [1.82, 2.24) is 4.31 Å². The molecule has 7 heteroatoms. The van der Waals surface area contributed by atoms with Crippen molar-refractivity contribution >= 4 is 21.6 Å². The highest BCUT2D eigenvalue weighted by molar-refractivity contribution is 7.90. The smallest absolute Gasteiger partial charge is 0.304 e. The van der Waals surface area contributed by atoms with E-state index in [0.29, 0.717) is 23.4 Å². The molecule has 0 saturated carbocycles. The Labute approximate surface area is 119 Å². The molecule has 1 aromatic carbocycles. The van der Waals surface area contributed by atoms with Crippen LogP contribution in [-0.2, 0) is 10.2 Å². The molecular weight excluding hydrogens is 278 g/mol. The van der Waals surface area contributed by atoms with E-state index in [2.05, 4.69) is 5.16 Å². The minimum atomic E-state index is -3.58. The molecule has 0 fully saturated rings. The Bertz CT molecular complexity index is 626. The Morgan fingerprint density at radius 2 is 2.00 bits per heavy atom. The lowest BCUT2D eigenvalue weighted by atomic mass is 10.0. The summed E-state index contributed by atoms with van der Waals surface area (Å²) in [4.78, 5) is 0. The molecule has 1 aromatic rings. The molecular formula is C13H19N3O3S. The molecule has 0 unspecified atom stereocenters. The van der Waals surface area contributed by atoms with Gasteiger partial charge in [0.05, 0.1) is 11.4 Å². The highest BCUT2D eigenvalue weighted by atomic mass is 32.2. The molecule has 1 N–H and O–H groups in total. The average molecular weight is 297 g/mol. The molecule has 110 valence electrons. The second kappa shape index (κ2) is 5.41. The standard InChI is InChI=1S/C13H19N3O3S/c1-10(2)15(3)20(18,19)16-9-8-12(14-17)11-6-4-5-7-13(11)16/h4-7,10,17H,8-9H2,1-3H3. The Balaban J connectivity index is 2.51. The van der Waals surface area contributed by atoms with Gasteiger partial charge in [-0.3, -0.25) is 4.31 Å². The maximum Gasteiger partial charge on any atom is 0.304 e. The lowest BCUT2D eigenvalue weighted by Gasteiger charge is -2.34. The Hall–Kier alpha value is -1.60. The van der Waals surface area contributed by atoms with Crippen LogP contribution in [0.3, 0.4) is 0 Å². The fourth-order valence-corrected chi connectivity index (χ4v) is 3.74. The highest BCUT2D eigenvalue weighted by Gasteiger charge is 2.33. The molecule has 0 aliphatic carbocycles. The van der Waals surface area contributed by atoms with Crippen molar-refractivity contribution < 1.29 is 13.6 Å². The Morgan fingerprint density at radius 3 is 2.60 bits per heavy atom. The number of anilines is 1. The summed E-state index contributed by atoms with van der Waals surface area (Å²) in [5, 5.41) is 12.3. The van der Waals surface area contributed by atoms with Crippen molar-refractivity contribution in [2.75, 3.05) is 17.9 Å². The topological polar surface area (TPSA) is 73.2 Å². The van der Waals surface area contributed by atoms with E-state index < -0.39 is 10.2 Å². The molecule has 1 heterocycles. The van der Waals surface area contributed by atoms with E-state index in [0.717, 1.165) is 0 Å². The third-order valence-corrected chi connectivity index (χ3v) is 5.61. The van der Waals surface area contributed by atoms with E-state index in [1.54, 1.807) is 31.3 Å². The fraction of sp³-hybridized carbons (Fsp3) is 0.462. The van der Waals surface area contributed by atoms with Crippen LogP contribution in [0.25, 0.3) is 0 Å². The van der Waals surface area contributed by atoms with Crippen LogP contribution in [0.2, 0.25) is 0 Å². The number of benzene rings is 1. The summed E-state index contributed by atoms with van der Waals surface area (Å²) in [6, 6.07) is 6.94. The minimum absolute atomic E-state index is 0.125. The van der Waals surface area contributed by atoms with Crippen LogP contribution in [0, 0.1) is 0 Å². The van der Waals surface area contributed by atoms with E-state index in [1.807, 2.05) is 13.8 Å². The highest BCUT2D eigenvalue weighted by Crippen LogP contribution is 2.30. The first-order chi connectivity index (χ1) is 9.39. The van der Waals surface area contributed by atoms with Crippen LogP contribution < -0.4 is 4.31 Å². The number of nitrogens with zero attached hydrogens (tertiary/aromatic N) is 3. The Kier molecular flexibility index (Phi) is 4.01. The van der Waals surface area contributed by atoms with E-state index >= 15 is 0 Å². The normalized spacial score (nSPS) is 17.9. The molecule has 20 heavy (non-hydrogen) atoms. The zero-order chi connectivity index (χ0) is 14.9. The van der Waals surface area contributed by atoms with Gasteiger partial charge in [-0.25, -0.2) is 0 Å². The quantitative estimate of drug-likeness (QED) is 0.681. The van der Waals surface area contributed by atoms with E-state index in [9.17, 15) is 8.42 Å². The largest absolute Gasteiger partial charge is 0.411 e. The molecule has 0 aromatic heterocycles. The molecule has 0 saturated heterocycles. The number of hydrogen-bond donors (Lipinski definition) is 1. The molecule has 0 radical (unpaired) electrons. The first kappa shape index (κ1) is 14.8. The number of hydrogen-bond acceptors (Lipinski definition) is 4. The van der Waals surface area contributed by atoms with Gasteiger partial charge in [0.2, 0.25) is 0 Å². The van der Waals surface area contributed by atoms with Gasteiger partial charge in [0, 0.05) is 31.6 Å². The zero-order valence-corrected chi connectivity index (χ0v) is 12.6. The second-order valence-corrected chi connectivity index (χ2v) is 6.92. The monoisotopic (exact) mass is 297 g/mol. The van der Waals surface area contributed by atoms with Crippen LogP contribution in [0.5, 0.6) is 0 Å². The maximum absolute atomic E-state index is 12.6. The van der Waals surface area contributed by atoms with Gasteiger partial charge in [-0.15, -0.1) is 0 Å². The maximum atomic E-state index is 12.6. The summed E-state index contributed by atoms with van der Waals surface area (Å²) in [6.45, 7) is 3.93. The summed E-state index contributed by atoms with van der Waals surface area (Å²) in [7, 11) is -2.01. The molecule has 2 rings (SSSR count). The summed E-state index contributed by atoms with van der Waals surface area (Å²) in [5.41, 5.74) is 1.72. The van der Waals surface area contributed by atoms with Crippen molar-refractivity contribution in [3.63, 3.8) is 0 Å². The van der Waals surface area contributed by atoms with Gasteiger partial charge in [-0.05, 0) is 19.9 Å². The first-order valence-electron chi connectivity index (χ1n) is 6.45.